The molecule has 0 radical (unpaired) electrons. The van der Waals surface area contributed by atoms with E-state index in [-0.39, 0.29) is 30.5 Å². The van der Waals surface area contributed by atoms with Gasteiger partial charge in [0.15, 0.2) is 5.96 Å². The minimum absolute atomic E-state index is 0. The molecule has 1 aliphatic carbocycles. The van der Waals surface area contributed by atoms with Crippen LogP contribution in [0, 0.1) is 23.1 Å². The second kappa shape index (κ2) is 12.0. The number of hydrogen-bond donors (Lipinski definition) is 2. The zero-order valence-corrected chi connectivity index (χ0v) is 16.9. The number of halogens is 2. The van der Waals surface area contributed by atoms with Gasteiger partial charge in [-0.25, -0.2) is 9.38 Å². The lowest BCUT2D eigenvalue weighted by Crippen LogP contribution is -2.38. The molecular weight excluding hydrogens is 434 g/mol. The lowest BCUT2D eigenvalue weighted by molar-refractivity contribution is 0.123. The Kier molecular flexibility index (Phi) is 10.4. The molecule has 0 spiro atoms. The number of rotatable bonds is 9. The van der Waals surface area contributed by atoms with E-state index in [0.29, 0.717) is 17.1 Å². The van der Waals surface area contributed by atoms with E-state index in [1.807, 2.05) is 13.0 Å². The smallest absolute Gasteiger partial charge is 0.191 e. The molecule has 0 aliphatic heterocycles. The Morgan fingerprint density at radius 2 is 2.20 bits per heavy atom. The normalized spacial score (nSPS) is 13.7. The Morgan fingerprint density at radius 1 is 1.40 bits per heavy atom. The Hall–Kier alpha value is -1.40. The number of guanidine groups is 1. The van der Waals surface area contributed by atoms with Gasteiger partial charge in [0.05, 0.1) is 18.2 Å². The van der Waals surface area contributed by atoms with Crippen molar-refractivity contribution in [2.45, 2.75) is 32.7 Å². The van der Waals surface area contributed by atoms with Crippen LogP contribution in [0.15, 0.2) is 23.2 Å². The van der Waals surface area contributed by atoms with Crippen LogP contribution >= 0.6 is 24.0 Å². The van der Waals surface area contributed by atoms with Crippen LogP contribution in [0.1, 0.15) is 37.3 Å². The fourth-order valence-electron chi connectivity index (χ4n) is 2.17. The van der Waals surface area contributed by atoms with Crippen LogP contribution in [0.2, 0.25) is 0 Å². The highest BCUT2D eigenvalue weighted by molar-refractivity contribution is 14.0. The molecule has 0 saturated heterocycles. The van der Waals surface area contributed by atoms with Gasteiger partial charge < -0.3 is 15.4 Å². The van der Waals surface area contributed by atoms with Crippen molar-refractivity contribution in [3.8, 4) is 6.07 Å². The average Bonchev–Trinajstić information content (AvgIpc) is 3.40. The van der Waals surface area contributed by atoms with E-state index in [9.17, 15) is 4.39 Å². The maximum absolute atomic E-state index is 13.9. The van der Waals surface area contributed by atoms with Crippen LogP contribution in [-0.2, 0) is 11.3 Å². The molecule has 138 valence electrons. The summed E-state index contributed by atoms with van der Waals surface area (Å²) in [5.74, 6) is 1.05. The highest BCUT2D eigenvalue weighted by atomic mass is 127. The quantitative estimate of drug-likeness (QED) is 0.257. The zero-order chi connectivity index (χ0) is 17.2. The highest BCUT2D eigenvalue weighted by Gasteiger charge is 2.20. The number of nitrogens with zero attached hydrogens (tertiary/aromatic N) is 2. The fourth-order valence-corrected chi connectivity index (χ4v) is 2.17. The third-order valence-corrected chi connectivity index (χ3v) is 3.74. The molecule has 7 heteroatoms. The van der Waals surface area contributed by atoms with Crippen LogP contribution in [0.5, 0.6) is 0 Å². The molecule has 5 nitrogen and oxygen atoms in total. The van der Waals surface area contributed by atoms with Crippen LogP contribution < -0.4 is 10.6 Å². The summed E-state index contributed by atoms with van der Waals surface area (Å²) in [7, 11) is 0. The maximum atomic E-state index is 13.9. The van der Waals surface area contributed by atoms with Crippen LogP contribution in [0.25, 0.3) is 0 Å². The number of nitrogens with one attached hydrogen (secondary N) is 2. The molecule has 1 saturated carbocycles. The highest BCUT2D eigenvalue weighted by Crippen LogP contribution is 2.28. The third-order valence-electron chi connectivity index (χ3n) is 3.74. The molecule has 0 amide bonds. The topological polar surface area (TPSA) is 69.4 Å². The summed E-state index contributed by atoms with van der Waals surface area (Å²) in [5.41, 5.74) is 0.787. The second-order valence-corrected chi connectivity index (χ2v) is 5.91. The molecule has 2 N–H and O–H groups in total. The monoisotopic (exact) mass is 460 g/mol. The Bertz CT molecular complexity index is 599. The summed E-state index contributed by atoms with van der Waals surface area (Å²) in [6.07, 6.45) is 3.52. The van der Waals surface area contributed by atoms with E-state index in [2.05, 4.69) is 15.6 Å². The maximum Gasteiger partial charge on any atom is 0.191 e. The van der Waals surface area contributed by atoms with Gasteiger partial charge in [-0.2, -0.15) is 5.26 Å². The molecule has 0 aromatic heterocycles. The summed E-state index contributed by atoms with van der Waals surface area (Å²) in [5, 5.41) is 15.1. The van der Waals surface area contributed by atoms with Crippen molar-refractivity contribution in [2.75, 3.05) is 26.3 Å². The summed E-state index contributed by atoms with van der Waals surface area (Å²) in [6.45, 7) is 5.33. The van der Waals surface area contributed by atoms with E-state index < -0.39 is 5.82 Å². The molecular formula is C18H26FIN4O. The van der Waals surface area contributed by atoms with Gasteiger partial charge in [-0.15, -0.1) is 24.0 Å². The van der Waals surface area contributed by atoms with Crippen molar-refractivity contribution >= 4 is 29.9 Å². The minimum atomic E-state index is -0.401. The first-order valence-corrected chi connectivity index (χ1v) is 8.51. The SMILES string of the molecule is CCNC(=NCc1ccc(C#N)cc1F)NCCCOCC1CC1.I. The van der Waals surface area contributed by atoms with Crippen molar-refractivity contribution in [1.29, 1.82) is 5.26 Å². The number of ether oxygens (including phenoxy) is 1. The Balaban J connectivity index is 0.00000312. The van der Waals surface area contributed by atoms with Gasteiger partial charge in [-0.05, 0) is 44.2 Å². The number of hydrogen-bond acceptors (Lipinski definition) is 3. The molecule has 0 bridgehead atoms. The molecule has 1 aliphatic rings. The van der Waals surface area contributed by atoms with E-state index in [4.69, 9.17) is 10.00 Å². The van der Waals surface area contributed by atoms with Gasteiger partial charge in [-0.3, -0.25) is 0 Å². The van der Waals surface area contributed by atoms with Gasteiger partial charge in [0.25, 0.3) is 0 Å². The summed E-state index contributed by atoms with van der Waals surface area (Å²) >= 11 is 0. The number of benzene rings is 1. The molecule has 0 atom stereocenters. The second-order valence-electron chi connectivity index (χ2n) is 5.91. The summed E-state index contributed by atoms with van der Waals surface area (Å²) < 4.78 is 19.4. The number of nitriles is 1. The lowest BCUT2D eigenvalue weighted by atomic mass is 10.1. The standard InChI is InChI=1S/C18H25FN4O.HI/c1-2-21-18(22-8-3-9-24-13-14-4-5-14)23-12-16-7-6-15(11-20)10-17(16)19;/h6-7,10,14H,2-5,8-9,12-13H2,1H3,(H2,21,22,23);1H. The van der Waals surface area contributed by atoms with Crippen molar-refractivity contribution in [2.24, 2.45) is 10.9 Å². The zero-order valence-electron chi connectivity index (χ0n) is 14.6. The van der Waals surface area contributed by atoms with Gasteiger partial charge in [0.1, 0.15) is 5.82 Å². The minimum Gasteiger partial charge on any atom is -0.381 e. The largest absolute Gasteiger partial charge is 0.381 e. The van der Waals surface area contributed by atoms with E-state index >= 15 is 0 Å². The van der Waals surface area contributed by atoms with Gasteiger partial charge in [0.2, 0.25) is 0 Å². The Morgan fingerprint density at radius 3 is 2.84 bits per heavy atom. The lowest BCUT2D eigenvalue weighted by Gasteiger charge is -2.11. The van der Waals surface area contributed by atoms with Crippen LogP contribution in [-0.4, -0.2) is 32.3 Å². The van der Waals surface area contributed by atoms with Crippen molar-refractivity contribution in [1.82, 2.24) is 10.6 Å². The van der Waals surface area contributed by atoms with Crippen molar-refractivity contribution < 1.29 is 9.13 Å². The molecule has 25 heavy (non-hydrogen) atoms. The first-order chi connectivity index (χ1) is 11.7. The average molecular weight is 460 g/mol. The first-order valence-electron chi connectivity index (χ1n) is 8.51. The molecule has 2 rings (SSSR count). The molecule has 0 heterocycles. The summed E-state index contributed by atoms with van der Waals surface area (Å²) in [6, 6.07) is 6.37. The van der Waals surface area contributed by atoms with E-state index in [0.717, 1.165) is 38.6 Å². The third kappa shape index (κ3) is 8.50. The molecule has 0 unspecified atom stereocenters. The van der Waals surface area contributed by atoms with Crippen molar-refractivity contribution in [3.63, 3.8) is 0 Å². The Labute approximate surface area is 166 Å². The van der Waals surface area contributed by atoms with E-state index in [1.165, 1.54) is 18.9 Å². The predicted octanol–water partition coefficient (Wildman–Crippen LogP) is 3.19. The van der Waals surface area contributed by atoms with E-state index in [1.54, 1.807) is 12.1 Å². The summed E-state index contributed by atoms with van der Waals surface area (Å²) in [4.78, 5) is 4.39. The van der Waals surface area contributed by atoms with Crippen molar-refractivity contribution in [3.05, 3.63) is 35.1 Å². The first kappa shape index (κ1) is 21.6. The number of aliphatic imine (C=N–C) groups is 1. The fraction of sp³-hybridized carbons (Fsp3) is 0.556. The van der Waals surface area contributed by atoms with Gasteiger partial charge >= 0.3 is 0 Å². The van der Waals surface area contributed by atoms with Crippen LogP contribution in [0.3, 0.4) is 0 Å². The molecule has 1 aromatic carbocycles. The van der Waals surface area contributed by atoms with Gasteiger partial charge in [0, 0.05) is 31.9 Å². The van der Waals surface area contributed by atoms with Gasteiger partial charge in [-0.1, -0.05) is 6.07 Å². The molecule has 1 fully saturated rings. The predicted molar refractivity (Wildman–Crippen MR) is 108 cm³/mol. The molecule has 1 aromatic rings. The van der Waals surface area contributed by atoms with Crippen LogP contribution in [0.4, 0.5) is 4.39 Å².